The number of nitrogens with zero attached hydrogens (tertiary/aromatic N) is 1. The smallest absolute Gasteiger partial charge is 0.227 e. The topological polar surface area (TPSA) is 20.9 Å². The summed E-state index contributed by atoms with van der Waals surface area (Å²) in [5, 5.41) is 2.09. The fraction of sp³-hybridized carbons (Fsp3) is 0.0588. The molecule has 4 heteroatoms. The molecule has 0 saturated heterocycles. The van der Waals surface area contributed by atoms with E-state index in [-0.39, 0.29) is 17.9 Å². The van der Waals surface area contributed by atoms with Gasteiger partial charge in [-0.05, 0) is 29.7 Å². The summed E-state index contributed by atoms with van der Waals surface area (Å²) in [6.07, 6.45) is 3.65. The molecule has 104 valence electrons. The van der Waals surface area contributed by atoms with Gasteiger partial charge in [-0.3, -0.25) is 4.79 Å². The average molecular weight is 284 g/mol. The molecule has 1 heterocycles. The number of fused-ring (bicyclic) bond motifs is 1. The Morgan fingerprint density at radius 1 is 0.952 bits per heavy atom. The largest absolute Gasteiger partial charge is 0.287 e. The maximum atomic E-state index is 13.2. The van der Waals surface area contributed by atoms with E-state index in [0.29, 0.717) is 0 Å². The lowest BCUT2D eigenvalue weighted by atomic mass is 10.1. The molecule has 0 spiro atoms. The van der Waals surface area contributed by atoms with Crippen LogP contribution in [0.1, 0.15) is 10.4 Å². The lowest BCUT2D eigenvalue weighted by molar-refractivity contribution is -0.681. The maximum Gasteiger partial charge on any atom is 0.227 e. The molecule has 3 aromatic rings. The summed E-state index contributed by atoms with van der Waals surface area (Å²) >= 11 is 0. The molecule has 0 radical (unpaired) electrons. The number of Topliss-reactive ketones (excluding diaryl/α,β-unsaturated/α-hetero) is 1. The summed E-state index contributed by atoms with van der Waals surface area (Å²) in [5.41, 5.74) is 0.162. The second-order valence-electron chi connectivity index (χ2n) is 4.80. The van der Waals surface area contributed by atoms with Crippen molar-refractivity contribution in [2.45, 2.75) is 6.54 Å². The van der Waals surface area contributed by atoms with Gasteiger partial charge in [-0.2, -0.15) is 4.57 Å². The number of aromatic nitrogens is 1. The van der Waals surface area contributed by atoms with Crippen molar-refractivity contribution in [2.24, 2.45) is 0 Å². The lowest BCUT2D eigenvalue weighted by Gasteiger charge is -2.01. The molecule has 0 fully saturated rings. The van der Waals surface area contributed by atoms with Crippen molar-refractivity contribution < 1.29 is 18.1 Å². The highest BCUT2D eigenvalue weighted by Crippen LogP contribution is 2.11. The van der Waals surface area contributed by atoms with Crippen molar-refractivity contribution in [3.05, 3.63) is 78.1 Å². The number of ketones is 1. The molecular formula is C17H12F2NO+. The predicted molar refractivity (Wildman–Crippen MR) is 74.8 cm³/mol. The first-order chi connectivity index (χ1) is 10.1. The van der Waals surface area contributed by atoms with Crippen molar-refractivity contribution in [3.8, 4) is 0 Å². The highest BCUT2D eigenvalue weighted by atomic mass is 19.2. The molecule has 0 aliphatic rings. The monoisotopic (exact) mass is 284 g/mol. The van der Waals surface area contributed by atoms with Crippen LogP contribution in [0.25, 0.3) is 10.8 Å². The quantitative estimate of drug-likeness (QED) is 0.534. The molecule has 0 N–H and O–H groups in total. The summed E-state index contributed by atoms with van der Waals surface area (Å²) in [7, 11) is 0. The number of carbonyl (C=O) groups is 1. The second kappa shape index (κ2) is 5.40. The summed E-state index contributed by atoms with van der Waals surface area (Å²) in [6, 6.07) is 12.9. The Hall–Kier alpha value is -2.62. The third-order valence-electron chi connectivity index (χ3n) is 3.31. The Morgan fingerprint density at radius 3 is 2.48 bits per heavy atom. The number of carbonyl (C=O) groups excluding carboxylic acids is 1. The van der Waals surface area contributed by atoms with Gasteiger partial charge in [0.05, 0.1) is 0 Å². The van der Waals surface area contributed by atoms with E-state index >= 15 is 0 Å². The van der Waals surface area contributed by atoms with Gasteiger partial charge in [-0.1, -0.05) is 18.2 Å². The standard InChI is InChI=1S/C17H12F2NO/c18-15-6-5-13(9-16(15)19)17(21)11-20-8-7-12-3-1-2-4-14(12)10-20/h1-10H,11H2/q+1. The van der Waals surface area contributed by atoms with E-state index in [4.69, 9.17) is 0 Å². The molecule has 0 unspecified atom stereocenters. The Labute approximate surface area is 120 Å². The molecule has 1 aromatic heterocycles. The summed E-state index contributed by atoms with van der Waals surface area (Å²) in [4.78, 5) is 12.1. The molecule has 2 aromatic carbocycles. The van der Waals surface area contributed by atoms with Crippen molar-refractivity contribution in [1.29, 1.82) is 0 Å². The molecule has 21 heavy (non-hydrogen) atoms. The minimum absolute atomic E-state index is 0.0793. The summed E-state index contributed by atoms with van der Waals surface area (Å²) in [5.74, 6) is -2.23. The first kappa shape index (κ1) is 13.4. The zero-order chi connectivity index (χ0) is 14.8. The molecule has 0 aliphatic heterocycles. The van der Waals surface area contributed by atoms with E-state index in [1.165, 1.54) is 6.07 Å². The second-order valence-corrected chi connectivity index (χ2v) is 4.80. The third kappa shape index (κ3) is 2.79. The van der Waals surface area contributed by atoms with Crippen LogP contribution in [0.15, 0.2) is 60.9 Å². The number of hydrogen-bond acceptors (Lipinski definition) is 1. The van der Waals surface area contributed by atoms with Crippen LogP contribution in [-0.2, 0) is 6.54 Å². The fourth-order valence-electron chi connectivity index (χ4n) is 2.20. The SMILES string of the molecule is O=C(C[n+]1ccc2ccccc2c1)c1ccc(F)c(F)c1. The Balaban J connectivity index is 1.87. The van der Waals surface area contributed by atoms with E-state index in [2.05, 4.69) is 0 Å². The molecule has 0 bridgehead atoms. The molecule has 0 atom stereocenters. The number of rotatable bonds is 3. The number of halogens is 2. The minimum Gasteiger partial charge on any atom is -0.287 e. The Kier molecular flexibility index (Phi) is 3.44. The van der Waals surface area contributed by atoms with Gasteiger partial charge in [0.15, 0.2) is 24.0 Å². The van der Waals surface area contributed by atoms with Crippen LogP contribution in [0, 0.1) is 11.6 Å². The van der Waals surface area contributed by atoms with Crippen LogP contribution >= 0.6 is 0 Å². The van der Waals surface area contributed by atoms with Crippen molar-refractivity contribution >= 4 is 16.6 Å². The van der Waals surface area contributed by atoms with Gasteiger partial charge in [-0.25, -0.2) is 8.78 Å². The Morgan fingerprint density at radius 2 is 1.71 bits per heavy atom. The van der Waals surface area contributed by atoms with Crippen molar-refractivity contribution in [2.75, 3.05) is 0 Å². The average Bonchev–Trinajstić information content (AvgIpc) is 2.50. The van der Waals surface area contributed by atoms with Gasteiger partial charge in [0.25, 0.3) is 0 Å². The van der Waals surface area contributed by atoms with Crippen LogP contribution in [0.4, 0.5) is 8.78 Å². The van der Waals surface area contributed by atoms with Crippen molar-refractivity contribution in [1.82, 2.24) is 0 Å². The first-order valence-electron chi connectivity index (χ1n) is 6.49. The maximum absolute atomic E-state index is 13.2. The van der Waals surface area contributed by atoms with Crippen molar-refractivity contribution in [3.63, 3.8) is 0 Å². The summed E-state index contributed by atoms with van der Waals surface area (Å²) < 4.78 is 27.8. The number of benzene rings is 2. The van der Waals surface area contributed by atoms with Gasteiger partial charge < -0.3 is 0 Å². The molecule has 2 nitrogen and oxygen atoms in total. The number of pyridine rings is 1. The van der Waals surface area contributed by atoms with Gasteiger partial charge in [0.1, 0.15) is 0 Å². The molecule has 3 rings (SSSR count). The van der Waals surface area contributed by atoms with E-state index in [0.717, 1.165) is 22.9 Å². The van der Waals surface area contributed by atoms with Crippen LogP contribution in [0.2, 0.25) is 0 Å². The van der Waals surface area contributed by atoms with Crippen LogP contribution in [-0.4, -0.2) is 5.78 Å². The predicted octanol–water partition coefficient (Wildman–Crippen LogP) is 3.29. The third-order valence-corrected chi connectivity index (χ3v) is 3.31. The Bertz CT molecular complexity index is 830. The van der Waals surface area contributed by atoms with Crippen LogP contribution in [0.3, 0.4) is 0 Å². The van der Waals surface area contributed by atoms with Crippen LogP contribution in [0.5, 0.6) is 0 Å². The first-order valence-corrected chi connectivity index (χ1v) is 6.49. The van der Waals surface area contributed by atoms with Gasteiger partial charge in [-0.15, -0.1) is 0 Å². The van der Waals surface area contributed by atoms with Gasteiger partial charge in [0, 0.05) is 17.0 Å². The fourth-order valence-corrected chi connectivity index (χ4v) is 2.20. The van der Waals surface area contributed by atoms with Gasteiger partial charge in [0.2, 0.25) is 12.3 Å². The van der Waals surface area contributed by atoms with Gasteiger partial charge >= 0.3 is 0 Å². The van der Waals surface area contributed by atoms with E-state index in [1.807, 2.05) is 36.5 Å². The van der Waals surface area contributed by atoms with E-state index < -0.39 is 11.6 Å². The lowest BCUT2D eigenvalue weighted by Crippen LogP contribution is -2.37. The number of hydrogen-bond donors (Lipinski definition) is 0. The van der Waals surface area contributed by atoms with Crippen LogP contribution < -0.4 is 4.57 Å². The molecule has 0 aliphatic carbocycles. The molecule has 0 saturated carbocycles. The van der Waals surface area contributed by atoms with E-state index in [1.54, 1.807) is 10.8 Å². The normalized spacial score (nSPS) is 10.8. The zero-order valence-electron chi connectivity index (χ0n) is 11.1. The highest BCUT2D eigenvalue weighted by Gasteiger charge is 2.14. The molecule has 0 amide bonds. The van der Waals surface area contributed by atoms with E-state index in [9.17, 15) is 13.6 Å². The molecular weight excluding hydrogens is 272 g/mol. The summed E-state index contributed by atoms with van der Waals surface area (Å²) in [6.45, 7) is 0.0793. The minimum atomic E-state index is -1.01. The zero-order valence-corrected chi connectivity index (χ0v) is 11.1. The highest BCUT2D eigenvalue weighted by molar-refractivity contribution is 5.95.